The van der Waals surface area contributed by atoms with Crippen LogP contribution in [0.4, 0.5) is 0 Å². The molecule has 1 aliphatic heterocycles. The van der Waals surface area contributed by atoms with Crippen LogP contribution in [0, 0.1) is 0 Å². The van der Waals surface area contributed by atoms with E-state index in [0.29, 0.717) is 6.42 Å². The molecule has 1 saturated heterocycles. The Morgan fingerprint density at radius 1 is 1.10 bits per heavy atom. The highest BCUT2D eigenvalue weighted by molar-refractivity contribution is 7.86. The summed E-state index contributed by atoms with van der Waals surface area (Å²) in [7, 11) is -7.31. The summed E-state index contributed by atoms with van der Waals surface area (Å²) in [5.74, 6) is -0.982. The quantitative estimate of drug-likeness (QED) is 0.604. The maximum atomic E-state index is 11.3. The summed E-state index contributed by atoms with van der Waals surface area (Å²) in [5, 5.41) is 0. The minimum Gasteiger partial charge on any atom is -0.342 e. The third kappa shape index (κ3) is 6.57. The van der Waals surface area contributed by atoms with E-state index >= 15 is 0 Å². The highest BCUT2D eigenvalue weighted by atomic mass is 32.2. The van der Waals surface area contributed by atoms with E-state index in [1.807, 2.05) is 0 Å². The van der Waals surface area contributed by atoms with Crippen molar-refractivity contribution in [2.24, 2.45) is 0 Å². The molecule has 0 saturated carbocycles. The van der Waals surface area contributed by atoms with Gasteiger partial charge in [-0.05, 0) is 20.3 Å². The molecule has 0 amide bonds. The average molecular weight is 346 g/mol. The van der Waals surface area contributed by atoms with Crippen molar-refractivity contribution in [1.82, 2.24) is 0 Å². The van der Waals surface area contributed by atoms with Gasteiger partial charge in [-0.15, -0.1) is 0 Å². The normalized spacial score (nSPS) is 27.7. The molecule has 0 aromatic carbocycles. The van der Waals surface area contributed by atoms with Crippen LogP contribution in [0.25, 0.3) is 0 Å². The van der Waals surface area contributed by atoms with Gasteiger partial charge in [-0.1, -0.05) is 6.92 Å². The van der Waals surface area contributed by atoms with Crippen molar-refractivity contribution in [1.29, 1.82) is 0 Å². The zero-order chi connectivity index (χ0) is 16.5. The summed E-state index contributed by atoms with van der Waals surface area (Å²) < 4.78 is 65.7. The molecule has 1 fully saturated rings. The number of hydrogen-bond acceptors (Lipinski definition) is 8. The van der Waals surface area contributed by atoms with Gasteiger partial charge in [0, 0.05) is 0 Å². The maximum absolute atomic E-state index is 11.3. The van der Waals surface area contributed by atoms with Crippen LogP contribution in [0.5, 0.6) is 0 Å². The molecule has 0 aromatic heterocycles. The van der Waals surface area contributed by atoms with E-state index < -0.39 is 44.3 Å². The molecule has 0 N–H and O–H groups in total. The minimum atomic E-state index is -3.67. The molecule has 10 heteroatoms. The fraction of sp³-hybridized carbons (Fsp3) is 1.00. The number of ether oxygens (including phenoxy) is 2. The first-order valence-corrected chi connectivity index (χ1v) is 10.0. The van der Waals surface area contributed by atoms with E-state index in [-0.39, 0.29) is 6.61 Å². The minimum absolute atomic E-state index is 0.267. The second-order valence-corrected chi connectivity index (χ2v) is 8.62. The Balaban J connectivity index is 2.88. The van der Waals surface area contributed by atoms with E-state index in [4.69, 9.17) is 17.8 Å². The summed E-state index contributed by atoms with van der Waals surface area (Å²) >= 11 is 0. The van der Waals surface area contributed by atoms with E-state index in [1.54, 1.807) is 20.8 Å². The van der Waals surface area contributed by atoms with Crippen LogP contribution < -0.4 is 0 Å². The molecule has 1 heterocycles. The Bertz CT molecular complexity index is 551. The lowest BCUT2D eigenvalue weighted by atomic mass is 10.1. The van der Waals surface area contributed by atoms with Crippen molar-refractivity contribution in [2.45, 2.75) is 51.3 Å². The third-order valence-corrected chi connectivity index (χ3v) is 3.90. The average Bonchev–Trinajstić information content (AvgIpc) is 2.56. The first-order valence-electron chi connectivity index (χ1n) is 6.41. The molecule has 1 rings (SSSR count). The monoisotopic (exact) mass is 346 g/mol. The lowest BCUT2D eigenvalue weighted by Crippen LogP contribution is -2.40. The molecule has 3 atom stereocenters. The lowest BCUT2D eigenvalue weighted by Gasteiger charge is -2.24. The van der Waals surface area contributed by atoms with Crippen LogP contribution in [0.1, 0.15) is 27.2 Å². The largest absolute Gasteiger partial charge is 0.342 e. The van der Waals surface area contributed by atoms with E-state index in [0.717, 1.165) is 12.5 Å². The van der Waals surface area contributed by atoms with Crippen molar-refractivity contribution >= 4 is 20.2 Å². The summed E-state index contributed by atoms with van der Waals surface area (Å²) in [6.07, 6.45) is -0.0591. The topological polar surface area (TPSA) is 105 Å². The van der Waals surface area contributed by atoms with Gasteiger partial charge in [0.05, 0.1) is 19.1 Å². The second-order valence-electron chi connectivity index (χ2n) is 5.37. The van der Waals surface area contributed by atoms with Crippen molar-refractivity contribution < 1.29 is 34.7 Å². The first-order chi connectivity index (χ1) is 9.33. The van der Waals surface area contributed by atoms with E-state index in [1.165, 1.54) is 0 Å². The zero-order valence-corrected chi connectivity index (χ0v) is 14.4. The van der Waals surface area contributed by atoms with Crippen LogP contribution in [0.3, 0.4) is 0 Å². The smallest absolute Gasteiger partial charge is 0.264 e. The summed E-state index contributed by atoms with van der Waals surface area (Å²) in [5.41, 5.74) is 0. The summed E-state index contributed by atoms with van der Waals surface area (Å²) in [6, 6.07) is 0. The van der Waals surface area contributed by atoms with E-state index in [9.17, 15) is 16.8 Å². The number of hydrogen-bond donors (Lipinski definition) is 0. The predicted octanol–water partition coefficient (Wildman–Crippen LogP) is 0.238. The summed E-state index contributed by atoms with van der Waals surface area (Å²) in [6.45, 7) is 4.76. The Hall–Kier alpha value is -0.260. The van der Waals surface area contributed by atoms with Crippen molar-refractivity contribution in [3.63, 3.8) is 0 Å². The van der Waals surface area contributed by atoms with Gasteiger partial charge in [-0.25, -0.2) is 0 Å². The van der Waals surface area contributed by atoms with Crippen LogP contribution in [0.15, 0.2) is 0 Å². The Morgan fingerprint density at radius 3 is 2.10 bits per heavy atom. The highest BCUT2D eigenvalue weighted by Crippen LogP contribution is 2.32. The fourth-order valence-corrected chi connectivity index (χ4v) is 3.15. The molecule has 0 aliphatic carbocycles. The molecular formula is C11H22O8S2. The van der Waals surface area contributed by atoms with Crippen molar-refractivity contribution in [3.8, 4) is 0 Å². The van der Waals surface area contributed by atoms with Gasteiger partial charge in [0.2, 0.25) is 0 Å². The fourth-order valence-electron chi connectivity index (χ4n) is 2.08. The van der Waals surface area contributed by atoms with Crippen molar-refractivity contribution in [3.05, 3.63) is 0 Å². The van der Waals surface area contributed by atoms with Gasteiger partial charge >= 0.3 is 0 Å². The molecule has 0 radical (unpaired) electrons. The predicted molar refractivity (Wildman–Crippen MR) is 74.6 cm³/mol. The maximum Gasteiger partial charge on any atom is 0.264 e. The molecule has 1 aliphatic rings. The van der Waals surface area contributed by atoms with Crippen LogP contribution >= 0.6 is 0 Å². The molecule has 0 bridgehead atoms. The van der Waals surface area contributed by atoms with Gasteiger partial charge in [-0.3, -0.25) is 8.37 Å². The molecule has 21 heavy (non-hydrogen) atoms. The lowest BCUT2D eigenvalue weighted by molar-refractivity contribution is -0.154. The van der Waals surface area contributed by atoms with Gasteiger partial charge in [0.1, 0.15) is 18.3 Å². The van der Waals surface area contributed by atoms with Crippen LogP contribution in [-0.4, -0.2) is 60.1 Å². The first kappa shape index (κ1) is 18.8. The molecule has 2 unspecified atom stereocenters. The SMILES string of the molecule is CC[C@H](OS(C)(=O)=O)C1OC(C)(C)OC1COS(C)(=O)=O. The molecule has 0 aromatic rings. The molecule has 126 valence electrons. The number of rotatable bonds is 7. The molecule has 8 nitrogen and oxygen atoms in total. The van der Waals surface area contributed by atoms with Crippen molar-refractivity contribution in [2.75, 3.05) is 19.1 Å². The van der Waals surface area contributed by atoms with Gasteiger partial charge < -0.3 is 9.47 Å². The van der Waals surface area contributed by atoms with Gasteiger partial charge in [-0.2, -0.15) is 16.8 Å². The summed E-state index contributed by atoms with van der Waals surface area (Å²) in [4.78, 5) is 0. The Morgan fingerprint density at radius 2 is 1.67 bits per heavy atom. The molecular weight excluding hydrogens is 324 g/mol. The second kappa shape index (κ2) is 6.47. The zero-order valence-electron chi connectivity index (χ0n) is 12.7. The van der Waals surface area contributed by atoms with Gasteiger partial charge in [0.15, 0.2) is 5.79 Å². The van der Waals surface area contributed by atoms with E-state index in [2.05, 4.69) is 0 Å². The third-order valence-electron chi connectivity index (χ3n) is 2.74. The Kier molecular flexibility index (Phi) is 5.79. The Labute approximate surface area is 126 Å². The van der Waals surface area contributed by atoms with Crippen LogP contribution in [0.2, 0.25) is 0 Å². The highest BCUT2D eigenvalue weighted by Gasteiger charge is 2.46. The molecule has 0 spiro atoms. The van der Waals surface area contributed by atoms with Gasteiger partial charge in [0.25, 0.3) is 20.2 Å². The van der Waals surface area contributed by atoms with Crippen LogP contribution in [-0.2, 0) is 38.1 Å². The standard InChI is InChI=1S/C11H22O8S2/c1-6-8(19-21(5,14)15)10-9(7-16-20(4,12)13)17-11(2,3)18-10/h8-10H,6-7H2,1-5H3/t8-,9?,10?/m0/s1.